The van der Waals surface area contributed by atoms with Gasteiger partial charge in [-0.15, -0.1) is 10.2 Å². The Kier molecular flexibility index (Phi) is 6.84. The lowest BCUT2D eigenvalue weighted by molar-refractivity contribution is -0.115. The van der Waals surface area contributed by atoms with Crippen LogP contribution in [0.5, 0.6) is 5.75 Å². The summed E-state index contributed by atoms with van der Waals surface area (Å²) >= 11 is 1.36. The molecule has 4 rings (SSSR count). The highest BCUT2D eigenvalue weighted by Gasteiger charge is 2.22. The van der Waals surface area contributed by atoms with Gasteiger partial charge < -0.3 is 14.5 Å². The van der Waals surface area contributed by atoms with Crippen molar-refractivity contribution < 1.29 is 13.9 Å². The molecule has 0 spiro atoms. The standard InChI is InChI=1S/C25H26N4O3S/c1-16-12-17(2)14-20(13-16)26-24(30)18(3)33-25-28-27-23(19-7-9-21(31-4)10-8-19)29(25)15-22-6-5-11-32-22/h5-14,18H,15H2,1-4H3,(H,26,30). The summed E-state index contributed by atoms with van der Waals surface area (Å²) in [5.74, 6) is 2.14. The number of carbonyl (C=O) groups is 1. The summed E-state index contributed by atoms with van der Waals surface area (Å²) in [6.07, 6.45) is 1.64. The smallest absolute Gasteiger partial charge is 0.237 e. The summed E-state index contributed by atoms with van der Waals surface area (Å²) in [5.41, 5.74) is 3.90. The lowest BCUT2D eigenvalue weighted by atomic mass is 10.1. The first-order valence-corrected chi connectivity index (χ1v) is 11.5. The van der Waals surface area contributed by atoms with Crippen LogP contribution in [-0.4, -0.2) is 33.0 Å². The molecular weight excluding hydrogens is 436 g/mol. The van der Waals surface area contributed by atoms with Crippen LogP contribution in [0.2, 0.25) is 0 Å². The van der Waals surface area contributed by atoms with E-state index < -0.39 is 0 Å². The molecule has 0 radical (unpaired) electrons. The molecule has 0 saturated carbocycles. The van der Waals surface area contributed by atoms with Crippen molar-refractivity contribution in [2.45, 2.75) is 37.7 Å². The van der Waals surface area contributed by atoms with Crippen molar-refractivity contribution in [3.8, 4) is 17.1 Å². The van der Waals surface area contributed by atoms with E-state index in [9.17, 15) is 4.79 Å². The number of hydrogen-bond acceptors (Lipinski definition) is 6. The zero-order chi connectivity index (χ0) is 23.4. The van der Waals surface area contributed by atoms with Gasteiger partial charge in [0.15, 0.2) is 11.0 Å². The van der Waals surface area contributed by atoms with Gasteiger partial charge in [0, 0.05) is 11.3 Å². The molecule has 1 unspecified atom stereocenters. The van der Waals surface area contributed by atoms with Crippen molar-refractivity contribution in [3.63, 3.8) is 0 Å². The Morgan fingerprint density at radius 3 is 2.48 bits per heavy atom. The fourth-order valence-corrected chi connectivity index (χ4v) is 4.38. The number of nitrogens with one attached hydrogen (secondary N) is 1. The van der Waals surface area contributed by atoms with Crippen LogP contribution in [-0.2, 0) is 11.3 Å². The molecule has 2 aromatic carbocycles. The van der Waals surface area contributed by atoms with Gasteiger partial charge in [-0.25, -0.2) is 0 Å². The second-order valence-electron chi connectivity index (χ2n) is 7.83. The minimum absolute atomic E-state index is 0.0939. The monoisotopic (exact) mass is 462 g/mol. The van der Waals surface area contributed by atoms with Crippen LogP contribution in [0, 0.1) is 13.8 Å². The Balaban J connectivity index is 1.58. The number of rotatable bonds is 8. The average molecular weight is 463 g/mol. The maximum Gasteiger partial charge on any atom is 0.237 e. The molecule has 0 saturated heterocycles. The van der Waals surface area contributed by atoms with Gasteiger partial charge in [0.05, 0.1) is 25.2 Å². The Labute approximate surface area is 197 Å². The van der Waals surface area contributed by atoms with E-state index >= 15 is 0 Å². The van der Waals surface area contributed by atoms with E-state index in [0.717, 1.165) is 33.9 Å². The summed E-state index contributed by atoms with van der Waals surface area (Å²) in [7, 11) is 1.63. The topological polar surface area (TPSA) is 82.2 Å². The molecule has 7 nitrogen and oxygen atoms in total. The van der Waals surface area contributed by atoms with Gasteiger partial charge in [-0.05, 0) is 80.4 Å². The van der Waals surface area contributed by atoms with Gasteiger partial charge in [0.1, 0.15) is 11.5 Å². The second-order valence-corrected chi connectivity index (χ2v) is 9.13. The molecule has 1 N–H and O–H groups in total. The molecule has 170 valence electrons. The van der Waals surface area contributed by atoms with Crippen LogP contribution in [0.3, 0.4) is 0 Å². The molecule has 0 bridgehead atoms. The van der Waals surface area contributed by atoms with E-state index in [1.165, 1.54) is 11.8 Å². The summed E-state index contributed by atoms with van der Waals surface area (Å²) in [6.45, 7) is 6.34. The molecule has 0 aliphatic heterocycles. The van der Waals surface area contributed by atoms with E-state index in [-0.39, 0.29) is 11.2 Å². The van der Waals surface area contributed by atoms with E-state index in [1.807, 2.05) is 73.9 Å². The number of aryl methyl sites for hydroxylation is 2. The molecule has 0 aliphatic carbocycles. The molecule has 4 aromatic rings. The zero-order valence-electron chi connectivity index (χ0n) is 19.0. The summed E-state index contributed by atoms with van der Waals surface area (Å²) in [5, 5.41) is 12.1. The van der Waals surface area contributed by atoms with Gasteiger partial charge >= 0.3 is 0 Å². The largest absolute Gasteiger partial charge is 0.497 e. The van der Waals surface area contributed by atoms with Crippen LogP contribution in [0.4, 0.5) is 5.69 Å². The predicted octanol–water partition coefficient (Wildman–Crippen LogP) is 5.33. The predicted molar refractivity (Wildman–Crippen MR) is 130 cm³/mol. The summed E-state index contributed by atoms with van der Waals surface area (Å²) < 4.78 is 12.8. The number of hydrogen-bond donors (Lipinski definition) is 1. The number of benzene rings is 2. The van der Waals surface area contributed by atoms with Gasteiger partial charge in [-0.2, -0.15) is 0 Å². The van der Waals surface area contributed by atoms with Crippen LogP contribution in [0.1, 0.15) is 23.8 Å². The van der Waals surface area contributed by atoms with Crippen LogP contribution >= 0.6 is 11.8 Å². The summed E-state index contributed by atoms with van der Waals surface area (Å²) in [4.78, 5) is 12.9. The normalized spacial score (nSPS) is 11.9. The second kappa shape index (κ2) is 9.95. The fraction of sp³-hybridized carbons (Fsp3) is 0.240. The number of aromatic nitrogens is 3. The van der Waals surface area contributed by atoms with Crippen LogP contribution in [0.15, 0.2) is 70.4 Å². The Hall–Kier alpha value is -3.52. The lowest BCUT2D eigenvalue weighted by Gasteiger charge is -2.14. The first-order chi connectivity index (χ1) is 15.9. The fourth-order valence-electron chi connectivity index (χ4n) is 3.53. The Bertz CT molecular complexity index is 1210. The van der Waals surface area contributed by atoms with Crippen molar-refractivity contribution in [2.75, 3.05) is 12.4 Å². The number of anilines is 1. The van der Waals surface area contributed by atoms with Gasteiger partial charge in [0.2, 0.25) is 5.91 Å². The summed E-state index contributed by atoms with van der Waals surface area (Å²) in [6, 6.07) is 17.4. The highest BCUT2D eigenvalue weighted by molar-refractivity contribution is 8.00. The van der Waals surface area contributed by atoms with Crippen molar-refractivity contribution in [2.24, 2.45) is 0 Å². The molecule has 8 heteroatoms. The maximum atomic E-state index is 12.9. The molecule has 0 fully saturated rings. The molecule has 33 heavy (non-hydrogen) atoms. The molecular formula is C25H26N4O3S. The van der Waals surface area contributed by atoms with E-state index in [2.05, 4.69) is 21.6 Å². The van der Waals surface area contributed by atoms with Crippen molar-refractivity contribution in [1.82, 2.24) is 14.8 Å². The lowest BCUT2D eigenvalue weighted by Crippen LogP contribution is -2.23. The number of carbonyl (C=O) groups excluding carboxylic acids is 1. The third-order valence-corrected chi connectivity index (χ3v) is 6.18. The van der Waals surface area contributed by atoms with Crippen molar-refractivity contribution in [3.05, 3.63) is 77.7 Å². The first kappa shape index (κ1) is 22.7. The SMILES string of the molecule is COc1ccc(-c2nnc(SC(C)C(=O)Nc3cc(C)cc(C)c3)n2Cc2ccco2)cc1. The van der Waals surface area contributed by atoms with Crippen molar-refractivity contribution in [1.29, 1.82) is 0 Å². The highest BCUT2D eigenvalue weighted by Crippen LogP contribution is 2.29. The van der Waals surface area contributed by atoms with E-state index in [0.29, 0.717) is 17.5 Å². The minimum Gasteiger partial charge on any atom is -0.497 e. The van der Waals surface area contributed by atoms with Gasteiger partial charge in [-0.3, -0.25) is 9.36 Å². The number of thioether (sulfide) groups is 1. The highest BCUT2D eigenvalue weighted by atomic mass is 32.2. The Morgan fingerprint density at radius 1 is 1.12 bits per heavy atom. The van der Waals surface area contributed by atoms with Gasteiger partial charge in [0.25, 0.3) is 0 Å². The van der Waals surface area contributed by atoms with E-state index in [4.69, 9.17) is 9.15 Å². The number of amides is 1. The first-order valence-electron chi connectivity index (χ1n) is 10.6. The minimum atomic E-state index is -0.380. The number of ether oxygens (including phenoxy) is 1. The average Bonchev–Trinajstić information content (AvgIpc) is 3.44. The third kappa shape index (κ3) is 5.46. The molecule has 1 atom stereocenters. The molecule has 2 aromatic heterocycles. The molecule has 0 aliphatic rings. The van der Waals surface area contributed by atoms with Crippen LogP contribution in [0.25, 0.3) is 11.4 Å². The quantitative estimate of drug-likeness (QED) is 0.356. The third-order valence-electron chi connectivity index (χ3n) is 5.10. The Morgan fingerprint density at radius 2 is 1.85 bits per heavy atom. The van der Waals surface area contributed by atoms with E-state index in [1.54, 1.807) is 13.4 Å². The maximum absolute atomic E-state index is 12.9. The molecule has 2 heterocycles. The van der Waals surface area contributed by atoms with Gasteiger partial charge in [-0.1, -0.05) is 17.8 Å². The number of furan rings is 1. The van der Waals surface area contributed by atoms with Crippen LogP contribution < -0.4 is 10.1 Å². The zero-order valence-corrected chi connectivity index (χ0v) is 19.8. The van der Waals surface area contributed by atoms with Crippen molar-refractivity contribution >= 4 is 23.4 Å². The number of methoxy groups -OCH3 is 1. The number of nitrogens with zero attached hydrogens (tertiary/aromatic N) is 3. The molecule has 1 amide bonds.